The van der Waals surface area contributed by atoms with Gasteiger partial charge in [0, 0.05) is 17.4 Å². The molecule has 0 aromatic carbocycles. The molecule has 0 atom stereocenters. The Morgan fingerprint density at radius 3 is 2.95 bits per heavy atom. The lowest BCUT2D eigenvalue weighted by Gasteiger charge is -2.34. The number of carbonyl (C=O) groups excluding carboxylic acids is 1. The monoisotopic (exact) mass is 325 g/mol. The second kappa shape index (κ2) is 6.48. The molecule has 1 aliphatic carbocycles. The molecule has 1 saturated carbocycles. The Kier molecular flexibility index (Phi) is 4.61. The van der Waals surface area contributed by atoms with E-state index in [1.54, 1.807) is 11.0 Å². The minimum atomic E-state index is 0.0229. The average molecular weight is 325 g/mol. The summed E-state index contributed by atoms with van der Waals surface area (Å²) in [4.78, 5) is 14.0. The molecule has 1 aliphatic heterocycles. The van der Waals surface area contributed by atoms with E-state index in [1.165, 1.54) is 6.42 Å². The summed E-state index contributed by atoms with van der Waals surface area (Å²) in [5, 5.41) is 9.14. The van der Waals surface area contributed by atoms with E-state index in [2.05, 4.69) is 29.4 Å². The maximum atomic E-state index is 12.3. The zero-order chi connectivity index (χ0) is 15.6. The molecule has 3 rings (SSSR count). The maximum absolute atomic E-state index is 12.3. The van der Waals surface area contributed by atoms with Gasteiger partial charge in [0.05, 0.1) is 11.3 Å². The molecule has 2 fully saturated rings. The van der Waals surface area contributed by atoms with Gasteiger partial charge in [-0.1, -0.05) is 19.3 Å². The lowest BCUT2D eigenvalue weighted by atomic mass is 9.89. The smallest absolute Gasteiger partial charge is 0.289 e. The van der Waals surface area contributed by atoms with Crippen LogP contribution in [0.4, 0.5) is 5.88 Å². The van der Waals surface area contributed by atoms with Crippen molar-refractivity contribution < 1.29 is 14.1 Å². The van der Waals surface area contributed by atoms with E-state index < -0.39 is 0 Å². The van der Waals surface area contributed by atoms with Gasteiger partial charge < -0.3 is 0 Å². The van der Waals surface area contributed by atoms with Crippen LogP contribution in [0.3, 0.4) is 0 Å². The highest BCUT2D eigenvalue weighted by Gasteiger charge is 2.38. The summed E-state index contributed by atoms with van der Waals surface area (Å²) in [7, 11) is 0. The Balaban J connectivity index is 1.64. The zero-order valence-corrected chi connectivity index (χ0v) is 14.2. The number of aromatic nitrogens is 2. The van der Waals surface area contributed by atoms with E-state index in [1.807, 2.05) is 11.8 Å². The summed E-state index contributed by atoms with van der Waals surface area (Å²) in [6, 6.07) is 0. The molecule has 1 aromatic rings. The van der Waals surface area contributed by atoms with Crippen LogP contribution in [0.5, 0.6) is 0 Å². The second-order valence-electron chi connectivity index (χ2n) is 6.80. The molecule has 0 radical (unpaired) electrons. The van der Waals surface area contributed by atoms with Crippen molar-refractivity contribution in [2.75, 3.05) is 28.4 Å². The van der Waals surface area contributed by atoms with E-state index in [0.29, 0.717) is 5.88 Å². The molecular formula is C15H25N4O2S+. The number of thioether (sulfide) groups is 1. The van der Waals surface area contributed by atoms with Crippen molar-refractivity contribution >= 4 is 23.6 Å². The SMILES string of the molecule is CC1(C)CSCCN1[n+]1cc(NC(=O)C2CCCCC2)on1. The fraction of sp³-hybridized carbons (Fsp3) is 0.800. The van der Waals surface area contributed by atoms with Gasteiger partial charge in [0.2, 0.25) is 11.2 Å². The van der Waals surface area contributed by atoms with Crippen LogP contribution in [0.2, 0.25) is 0 Å². The molecule has 1 saturated heterocycles. The summed E-state index contributed by atoms with van der Waals surface area (Å²) >= 11 is 1.95. The van der Waals surface area contributed by atoms with Crippen molar-refractivity contribution in [2.24, 2.45) is 5.92 Å². The Labute approximate surface area is 135 Å². The number of nitrogens with zero attached hydrogens (tertiary/aromatic N) is 3. The predicted octanol–water partition coefficient (Wildman–Crippen LogP) is 1.94. The minimum absolute atomic E-state index is 0.0229. The van der Waals surface area contributed by atoms with Crippen LogP contribution in [-0.4, -0.2) is 34.8 Å². The Morgan fingerprint density at radius 1 is 1.45 bits per heavy atom. The number of amides is 1. The topological polar surface area (TPSA) is 62.2 Å². The van der Waals surface area contributed by atoms with Crippen LogP contribution in [-0.2, 0) is 4.79 Å². The summed E-state index contributed by atoms with van der Waals surface area (Å²) in [6.45, 7) is 5.31. The zero-order valence-electron chi connectivity index (χ0n) is 13.4. The highest BCUT2D eigenvalue weighted by molar-refractivity contribution is 7.99. The number of anilines is 1. The van der Waals surface area contributed by atoms with E-state index in [9.17, 15) is 4.79 Å². The normalized spacial score (nSPS) is 22.5. The minimum Gasteiger partial charge on any atom is -0.289 e. The Bertz CT molecular complexity index is 525. The van der Waals surface area contributed by atoms with Crippen molar-refractivity contribution in [1.29, 1.82) is 0 Å². The lowest BCUT2D eigenvalue weighted by Crippen LogP contribution is -2.70. The van der Waals surface area contributed by atoms with Gasteiger partial charge >= 0.3 is 5.88 Å². The van der Waals surface area contributed by atoms with Crippen LogP contribution in [0, 0.1) is 5.92 Å². The van der Waals surface area contributed by atoms with E-state index in [4.69, 9.17) is 4.52 Å². The molecule has 0 bridgehead atoms. The largest absolute Gasteiger partial charge is 0.305 e. The van der Waals surface area contributed by atoms with Crippen LogP contribution < -0.4 is 15.1 Å². The van der Waals surface area contributed by atoms with Crippen molar-refractivity contribution in [1.82, 2.24) is 5.27 Å². The van der Waals surface area contributed by atoms with Gasteiger partial charge in [-0.05, 0) is 26.7 Å². The van der Waals surface area contributed by atoms with Crippen molar-refractivity contribution in [3.63, 3.8) is 0 Å². The maximum Gasteiger partial charge on any atom is 0.305 e. The summed E-state index contributed by atoms with van der Waals surface area (Å²) in [5.41, 5.74) is 0.0229. The van der Waals surface area contributed by atoms with Gasteiger partial charge in [-0.15, -0.1) is 5.01 Å². The second-order valence-corrected chi connectivity index (χ2v) is 7.90. The number of hydrogen-bond donors (Lipinski definition) is 1. The fourth-order valence-corrected chi connectivity index (χ4v) is 4.32. The van der Waals surface area contributed by atoms with Crippen molar-refractivity contribution in [3.8, 4) is 0 Å². The van der Waals surface area contributed by atoms with E-state index in [-0.39, 0.29) is 17.4 Å². The highest BCUT2D eigenvalue weighted by atomic mass is 32.2. The standard InChI is InChI=1S/C15H24N4O2S/c1-15(2)11-22-9-8-18(15)19-10-13(21-17-19)16-14(20)12-6-4-3-5-7-12/h10,12H,3-9,11H2,1-2H3/p+1. The van der Waals surface area contributed by atoms with Gasteiger partial charge in [0.15, 0.2) is 0 Å². The molecule has 0 unspecified atom stereocenters. The molecule has 2 aliphatic rings. The molecule has 122 valence electrons. The predicted molar refractivity (Wildman–Crippen MR) is 86.4 cm³/mol. The third-order valence-electron chi connectivity index (χ3n) is 4.53. The third-order valence-corrected chi connectivity index (χ3v) is 5.91. The Morgan fingerprint density at radius 2 is 2.23 bits per heavy atom. The van der Waals surface area contributed by atoms with Crippen LogP contribution in [0.1, 0.15) is 46.0 Å². The first-order valence-electron chi connectivity index (χ1n) is 8.11. The first kappa shape index (κ1) is 15.6. The van der Waals surface area contributed by atoms with Crippen LogP contribution in [0.25, 0.3) is 0 Å². The van der Waals surface area contributed by atoms with Crippen molar-refractivity contribution in [2.45, 2.75) is 51.5 Å². The highest BCUT2D eigenvalue weighted by Crippen LogP contribution is 2.25. The number of carbonyl (C=O) groups is 1. The first-order valence-corrected chi connectivity index (χ1v) is 9.27. The van der Waals surface area contributed by atoms with Gasteiger partial charge in [0.25, 0.3) is 6.20 Å². The first-order chi connectivity index (χ1) is 10.6. The summed E-state index contributed by atoms with van der Waals surface area (Å²) in [5.74, 6) is 2.75. The quantitative estimate of drug-likeness (QED) is 0.861. The van der Waals surface area contributed by atoms with E-state index >= 15 is 0 Å². The molecule has 0 spiro atoms. The molecule has 7 heteroatoms. The number of rotatable bonds is 3. The molecule has 1 aromatic heterocycles. The van der Waals surface area contributed by atoms with Gasteiger partial charge in [-0.25, -0.2) is 0 Å². The average Bonchev–Trinajstić information content (AvgIpc) is 2.95. The van der Waals surface area contributed by atoms with Gasteiger partial charge in [-0.2, -0.15) is 11.8 Å². The molecule has 2 heterocycles. The van der Waals surface area contributed by atoms with Crippen LogP contribution >= 0.6 is 11.8 Å². The summed E-state index contributed by atoms with van der Waals surface area (Å²) in [6.07, 6.45) is 7.28. The third kappa shape index (κ3) is 3.39. The number of nitrogens with one attached hydrogen (secondary N) is 1. The lowest BCUT2D eigenvalue weighted by molar-refractivity contribution is -0.764. The van der Waals surface area contributed by atoms with Crippen LogP contribution in [0.15, 0.2) is 10.7 Å². The molecular weight excluding hydrogens is 300 g/mol. The van der Waals surface area contributed by atoms with Crippen molar-refractivity contribution in [3.05, 3.63) is 6.20 Å². The summed E-state index contributed by atoms with van der Waals surface area (Å²) < 4.78 is 5.31. The van der Waals surface area contributed by atoms with Gasteiger partial charge in [0.1, 0.15) is 5.54 Å². The molecule has 22 heavy (non-hydrogen) atoms. The van der Waals surface area contributed by atoms with E-state index in [0.717, 1.165) is 43.7 Å². The molecule has 6 nitrogen and oxygen atoms in total. The fourth-order valence-electron chi connectivity index (χ4n) is 3.22. The molecule has 1 N–H and O–H groups in total. The number of hydrogen-bond acceptors (Lipinski definition) is 5. The Hall–Kier alpha value is -1.24. The molecule has 1 amide bonds. The van der Waals surface area contributed by atoms with Gasteiger partial charge in [-0.3, -0.25) is 14.6 Å².